The van der Waals surface area contributed by atoms with Crippen LogP contribution in [0.2, 0.25) is 0 Å². The summed E-state index contributed by atoms with van der Waals surface area (Å²) in [4.78, 5) is 17.6. The van der Waals surface area contributed by atoms with Crippen LogP contribution in [0, 0.1) is 5.92 Å². The van der Waals surface area contributed by atoms with Crippen LogP contribution in [0.3, 0.4) is 0 Å². The minimum atomic E-state index is -3.58. The molecule has 0 radical (unpaired) electrons. The van der Waals surface area contributed by atoms with Gasteiger partial charge in [0.25, 0.3) is 5.91 Å². The van der Waals surface area contributed by atoms with E-state index in [9.17, 15) is 13.2 Å². The van der Waals surface area contributed by atoms with Crippen molar-refractivity contribution in [3.63, 3.8) is 0 Å². The molecule has 1 atom stereocenters. The number of ether oxygens (including phenoxy) is 1. The number of amides is 1. The number of sulfonamides is 1. The van der Waals surface area contributed by atoms with Gasteiger partial charge in [-0.1, -0.05) is 43.3 Å². The molecule has 190 valence electrons. The lowest BCUT2D eigenvalue weighted by atomic mass is 10.0. The van der Waals surface area contributed by atoms with Crippen LogP contribution in [0.15, 0.2) is 65.6 Å². The number of nitrogens with zero attached hydrogens (tertiary/aromatic N) is 3. The van der Waals surface area contributed by atoms with Crippen LogP contribution in [-0.4, -0.2) is 69.9 Å². The number of fused-ring (bicyclic) bond motifs is 1. The van der Waals surface area contributed by atoms with Crippen LogP contribution in [0.4, 0.5) is 5.69 Å². The first-order chi connectivity index (χ1) is 17.4. The normalized spacial score (nSPS) is 19.4. The highest BCUT2D eigenvalue weighted by Gasteiger charge is 2.31. The Morgan fingerprint density at radius 1 is 0.944 bits per heavy atom. The fraction of sp³-hybridized carbons (Fsp3) is 0.393. The van der Waals surface area contributed by atoms with Crippen LogP contribution < -0.4 is 9.64 Å². The molecular formula is C28H33N3O4S. The number of rotatable bonds is 5. The molecule has 0 N–H and O–H groups in total. The van der Waals surface area contributed by atoms with Gasteiger partial charge in [0.15, 0.2) is 0 Å². The minimum absolute atomic E-state index is 0.0222. The number of anilines is 1. The lowest BCUT2D eigenvalue weighted by Gasteiger charge is -2.37. The van der Waals surface area contributed by atoms with Crippen LogP contribution in [-0.2, 0) is 10.0 Å². The average Bonchev–Trinajstić information content (AvgIpc) is 2.92. The summed E-state index contributed by atoms with van der Waals surface area (Å²) in [7, 11) is -1.98. The van der Waals surface area contributed by atoms with E-state index in [1.54, 1.807) is 29.6 Å². The Balaban J connectivity index is 1.35. The molecular weight excluding hydrogens is 474 g/mol. The quantitative estimate of drug-likeness (QED) is 0.517. The number of carbonyl (C=O) groups is 1. The van der Waals surface area contributed by atoms with E-state index in [0.29, 0.717) is 61.4 Å². The van der Waals surface area contributed by atoms with E-state index in [4.69, 9.17) is 4.74 Å². The predicted octanol–water partition coefficient (Wildman–Crippen LogP) is 4.23. The Hall–Kier alpha value is -3.10. The number of piperidine rings is 1. The fourth-order valence-corrected chi connectivity index (χ4v) is 6.94. The summed E-state index contributed by atoms with van der Waals surface area (Å²) in [6.07, 6.45) is 1.94. The van der Waals surface area contributed by atoms with Gasteiger partial charge in [-0.25, -0.2) is 8.42 Å². The van der Waals surface area contributed by atoms with Crippen molar-refractivity contribution in [1.29, 1.82) is 0 Å². The van der Waals surface area contributed by atoms with Crippen molar-refractivity contribution in [1.82, 2.24) is 9.21 Å². The second-order valence-electron chi connectivity index (χ2n) is 9.75. The maximum atomic E-state index is 13.4. The maximum absolute atomic E-state index is 13.4. The average molecular weight is 508 g/mol. The van der Waals surface area contributed by atoms with Gasteiger partial charge in [-0.05, 0) is 53.8 Å². The van der Waals surface area contributed by atoms with E-state index in [2.05, 4.69) is 11.8 Å². The van der Waals surface area contributed by atoms with E-state index in [0.717, 1.165) is 29.3 Å². The molecule has 36 heavy (non-hydrogen) atoms. The van der Waals surface area contributed by atoms with Gasteiger partial charge >= 0.3 is 0 Å². The number of hydrogen-bond donors (Lipinski definition) is 0. The molecule has 5 rings (SSSR count). The van der Waals surface area contributed by atoms with E-state index >= 15 is 0 Å². The van der Waals surface area contributed by atoms with Gasteiger partial charge in [0.05, 0.1) is 17.7 Å². The van der Waals surface area contributed by atoms with E-state index in [1.807, 2.05) is 47.4 Å². The molecule has 2 saturated heterocycles. The molecule has 0 spiro atoms. The van der Waals surface area contributed by atoms with Gasteiger partial charge < -0.3 is 14.5 Å². The molecule has 0 aliphatic carbocycles. The number of piperazine rings is 1. The summed E-state index contributed by atoms with van der Waals surface area (Å²) >= 11 is 0. The van der Waals surface area contributed by atoms with Gasteiger partial charge in [-0.3, -0.25) is 4.79 Å². The zero-order valence-corrected chi connectivity index (χ0v) is 21.7. The number of methoxy groups -OCH3 is 1. The SMILES string of the molecule is COc1ccc(S(=O)(=O)N2CCC[C@@H](C)C2)cc1N1CCN(C(=O)c2cccc3ccccc23)CC1. The van der Waals surface area contributed by atoms with E-state index < -0.39 is 10.0 Å². The Kier molecular flexibility index (Phi) is 6.90. The van der Waals surface area contributed by atoms with Crippen LogP contribution in [0.5, 0.6) is 5.75 Å². The number of hydrogen-bond acceptors (Lipinski definition) is 5. The van der Waals surface area contributed by atoms with Crippen LogP contribution in [0.1, 0.15) is 30.1 Å². The Bertz CT molecular complexity index is 1360. The smallest absolute Gasteiger partial charge is 0.254 e. The zero-order valence-electron chi connectivity index (χ0n) is 20.9. The molecule has 0 bridgehead atoms. The molecule has 2 heterocycles. The Morgan fingerprint density at radius 2 is 1.69 bits per heavy atom. The zero-order chi connectivity index (χ0) is 25.3. The van der Waals surface area contributed by atoms with Gasteiger partial charge in [0.2, 0.25) is 10.0 Å². The van der Waals surface area contributed by atoms with Gasteiger partial charge in [0, 0.05) is 44.8 Å². The molecule has 2 aliphatic rings. The van der Waals surface area contributed by atoms with Crippen molar-refractivity contribution in [2.75, 3.05) is 51.3 Å². The van der Waals surface area contributed by atoms with Crippen molar-refractivity contribution in [3.05, 3.63) is 66.2 Å². The molecule has 0 aromatic heterocycles. The second-order valence-corrected chi connectivity index (χ2v) is 11.7. The molecule has 2 fully saturated rings. The molecule has 8 heteroatoms. The van der Waals surface area contributed by atoms with Crippen molar-refractivity contribution in [3.8, 4) is 5.75 Å². The van der Waals surface area contributed by atoms with Gasteiger partial charge in [-0.2, -0.15) is 4.31 Å². The standard InChI is InChI=1S/C28H33N3O4S/c1-21-7-6-14-31(20-21)36(33,34)23-12-13-27(35-2)26(19-23)29-15-17-30(18-16-29)28(32)25-11-5-9-22-8-3-4-10-24(22)25/h3-5,8-13,19,21H,6-7,14-18,20H2,1-2H3/t21-/m1/s1. The molecule has 3 aromatic rings. The van der Waals surface area contributed by atoms with Crippen LogP contribution in [0.25, 0.3) is 10.8 Å². The monoisotopic (exact) mass is 507 g/mol. The van der Waals surface area contributed by atoms with Crippen molar-refractivity contribution in [2.24, 2.45) is 5.92 Å². The summed E-state index contributed by atoms with van der Waals surface area (Å²) in [5, 5.41) is 2.01. The Morgan fingerprint density at radius 3 is 2.44 bits per heavy atom. The summed E-state index contributed by atoms with van der Waals surface area (Å²) in [5.41, 5.74) is 1.46. The predicted molar refractivity (Wildman–Crippen MR) is 142 cm³/mol. The summed E-state index contributed by atoms with van der Waals surface area (Å²) < 4.78 is 34.0. The van der Waals surface area contributed by atoms with Gasteiger partial charge in [-0.15, -0.1) is 0 Å². The third kappa shape index (κ3) is 4.67. The lowest BCUT2D eigenvalue weighted by molar-refractivity contribution is 0.0748. The number of carbonyl (C=O) groups excluding carboxylic acids is 1. The van der Waals surface area contributed by atoms with Gasteiger partial charge in [0.1, 0.15) is 5.75 Å². The third-order valence-electron chi connectivity index (χ3n) is 7.34. The van der Waals surface area contributed by atoms with Crippen LogP contribution >= 0.6 is 0 Å². The summed E-state index contributed by atoms with van der Waals surface area (Å²) in [6.45, 7) is 5.49. The first kappa shape index (κ1) is 24.6. The first-order valence-corrected chi connectivity index (χ1v) is 14.0. The first-order valence-electron chi connectivity index (χ1n) is 12.6. The summed E-state index contributed by atoms with van der Waals surface area (Å²) in [5.74, 6) is 1.02. The largest absolute Gasteiger partial charge is 0.495 e. The third-order valence-corrected chi connectivity index (χ3v) is 9.20. The topological polar surface area (TPSA) is 70.2 Å². The highest BCUT2D eigenvalue weighted by Crippen LogP contribution is 2.34. The lowest BCUT2D eigenvalue weighted by Crippen LogP contribution is -2.49. The van der Waals surface area contributed by atoms with Crippen molar-refractivity contribution >= 4 is 32.4 Å². The molecule has 1 amide bonds. The van der Waals surface area contributed by atoms with Crippen molar-refractivity contribution in [2.45, 2.75) is 24.7 Å². The Labute approximate surface area is 213 Å². The highest BCUT2D eigenvalue weighted by molar-refractivity contribution is 7.89. The fourth-order valence-electron chi connectivity index (χ4n) is 5.32. The number of benzene rings is 3. The second kappa shape index (κ2) is 10.1. The molecule has 3 aromatic carbocycles. The van der Waals surface area contributed by atoms with E-state index in [-0.39, 0.29) is 5.91 Å². The molecule has 0 unspecified atom stereocenters. The highest BCUT2D eigenvalue weighted by atomic mass is 32.2. The molecule has 0 saturated carbocycles. The molecule has 2 aliphatic heterocycles. The maximum Gasteiger partial charge on any atom is 0.254 e. The summed E-state index contributed by atoms with van der Waals surface area (Å²) in [6, 6.07) is 18.9. The van der Waals surface area contributed by atoms with E-state index in [1.165, 1.54) is 0 Å². The molecule has 7 nitrogen and oxygen atoms in total. The minimum Gasteiger partial charge on any atom is -0.495 e. The van der Waals surface area contributed by atoms with Crippen molar-refractivity contribution < 1.29 is 17.9 Å².